The topological polar surface area (TPSA) is 39.2 Å². The fourth-order valence-electron chi connectivity index (χ4n) is 2.18. The Labute approximate surface area is 95.6 Å². The maximum absolute atomic E-state index is 6.13. The van der Waals surface area contributed by atoms with Crippen LogP contribution in [0.5, 0.6) is 0 Å². The van der Waals surface area contributed by atoms with Gasteiger partial charge in [-0.1, -0.05) is 0 Å². The molecule has 1 aromatic heterocycles. The maximum Gasteiger partial charge on any atom is 0.105 e. The zero-order valence-electron chi connectivity index (χ0n) is 9.02. The molecular formula is C12H19NOS. The van der Waals surface area contributed by atoms with E-state index in [2.05, 4.69) is 11.8 Å². The van der Waals surface area contributed by atoms with Crippen LogP contribution in [0, 0.1) is 5.92 Å². The Morgan fingerprint density at radius 1 is 1.47 bits per heavy atom. The quantitative estimate of drug-likeness (QED) is 0.856. The van der Waals surface area contributed by atoms with Crippen LogP contribution in [0.1, 0.15) is 25.0 Å². The number of thioether (sulfide) groups is 1. The lowest BCUT2D eigenvalue weighted by molar-refractivity contribution is 0.388. The van der Waals surface area contributed by atoms with E-state index in [1.807, 2.05) is 12.1 Å². The van der Waals surface area contributed by atoms with Crippen molar-refractivity contribution in [1.82, 2.24) is 0 Å². The Balaban J connectivity index is 1.74. The first-order valence-corrected chi connectivity index (χ1v) is 6.86. The molecular weight excluding hydrogens is 206 g/mol. The van der Waals surface area contributed by atoms with E-state index in [1.54, 1.807) is 6.26 Å². The van der Waals surface area contributed by atoms with Gasteiger partial charge in [-0.05, 0) is 48.8 Å². The largest absolute Gasteiger partial charge is 0.469 e. The summed E-state index contributed by atoms with van der Waals surface area (Å²) in [6.07, 6.45) is 6.45. The molecule has 2 nitrogen and oxygen atoms in total. The van der Waals surface area contributed by atoms with E-state index in [9.17, 15) is 0 Å². The van der Waals surface area contributed by atoms with Crippen molar-refractivity contribution in [1.29, 1.82) is 0 Å². The van der Waals surface area contributed by atoms with Crippen LogP contribution in [0.2, 0.25) is 0 Å². The van der Waals surface area contributed by atoms with Crippen LogP contribution in [0.15, 0.2) is 22.8 Å². The van der Waals surface area contributed by atoms with E-state index < -0.39 is 0 Å². The first-order chi connectivity index (χ1) is 7.34. The first kappa shape index (κ1) is 11.1. The number of rotatable bonds is 4. The molecule has 84 valence electrons. The molecule has 1 aliphatic heterocycles. The summed E-state index contributed by atoms with van der Waals surface area (Å²) in [6.45, 7) is 0. The van der Waals surface area contributed by atoms with E-state index in [0.717, 1.165) is 24.5 Å². The molecule has 0 aromatic carbocycles. The number of hydrogen-bond donors (Lipinski definition) is 1. The number of hydrogen-bond acceptors (Lipinski definition) is 3. The molecule has 2 rings (SSSR count). The lowest BCUT2D eigenvalue weighted by Crippen LogP contribution is -2.27. The number of furan rings is 1. The molecule has 2 N–H and O–H groups in total. The van der Waals surface area contributed by atoms with Gasteiger partial charge in [0, 0.05) is 12.5 Å². The van der Waals surface area contributed by atoms with Gasteiger partial charge in [-0.25, -0.2) is 0 Å². The van der Waals surface area contributed by atoms with Crippen LogP contribution < -0.4 is 5.73 Å². The monoisotopic (exact) mass is 225 g/mol. The standard InChI is InChI=1S/C12H19NOS/c13-11(9-12-2-1-5-14-12)8-10-3-6-15-7-4-10/h1-2,5,10-11H,3-4,6-9,13H2. The van der Waals surface area contributed by atoms with Crippen molar-refractivity contribution < 1.29 is 4.42 Å². The van der Waals surface area contributed by atoms with Crippen molar-refractivity contribution in [3.63, 3.8) is 0 Å². The summed E-state index contributed by atoms with van der Waals surface area (Å²) >= 11 is 2.07. The molecule has 2 heterocycles. The highest BCUT2D eigenvalue weighted by Crippen LogP contribution is 2.26. The van der Waals surface area contributed by atoms with Crippen molar-refractivity contribution in [3.8, 4) is 0 Å². The average molecular weight is 225 g/mol. The van der Waals surface area contributed by atoms with Crippen LogP contribution >= 0.6 is 11.8 Å². The van der Waals surface area contributed by atoms with Crippen molar-refractivity contribution in [3.05, 3.63) is 24.2 Å². The summed E-state index contributed by atoms with van der Waals surface area (Å²) in [5.41, 5.74) is 6.13. The molecule has 0 saturated carbocycles. The highest BCUT2D eigenvalue weighted by Gasteiger charge is 2.17. The van der Waals surface area contributed by atoms with Gasteiger partial charge in [0.25, 0.3) is 0 Å². The van der Waals surface area contributed by atoms with Gasteiger partial charge in [0.2, 0.25) is 0 Å². The van der Waals surface area contributed by atoms with Gasteiger partial charge in [-0.15, -0.1) is 0 Å². The SMILES string of the molecule is NC(Cc1ccco1)CC1CCSCC1. The fraction of sp³-hybridized carbons (Fsp3) is 0.667. The van der Waals surface area contributed by atoms with Crippen molar-refractivity contribution in [2.24, 2.45) is 11.7 Å². The van der Waals surface area contributed by atoms with Crippen LogP contribution in [-0.4, -0.2) is 17.5 Å². The van der Waals surface area contributed by atoms with Gasteiger partial charge in [-0.2, -0.15) is 11.8 Å². The third kappa shape index (κ3) is 3.58. The Hall–Kier alpha value is -0.410. The molecule has 15 heavy (non-hydrogen) atoms. The van der Waals surface area contributed by atoms with Gasteiger partial charge < -0.3 is 10.2 Å². The summed E-state index contributed by atoms with van der Waals surface area (Å²) in [5, 5.41) is 0. The predicted octanol–water partition coefficient (Wildman–Crippen LogP) is 2.68. The van der Waals surface area contributed by atoms with E-state index in [0.29, 0.717) is 0 Å². The van der Waals surface area contributed by atoms with Gasteiger partial charge >= 0.3 is 0 Å². The molecule has 1 unspecified atom stereocenters. The van der Waals surface area contributed by atoms with Crippen molar-refractivity contribution in [2.45, 2.75) is 31.7 Å². The molecule has 0 spiro atoms. The van der Waals surface area contributed by atoms with Crippen molar-refractivity contribution >= 4 is 11.8 Å². The summed E-state index contributed by atoms with van der Waals surface area (Å²) < 4.78 is 5.31. The summed E-state index contributed by atoms with van der Waals surface area (Å²) in [7, 11) is 0. The molecule has 1 atom stereocenters. The van der Waals surface area contributed by atoms with Gasteiger partial charge in [0.1, 0.15) is 5.76 Å². The Bertz CT molecular complexity index is 267. The fourth-order valence-corrected chi connectivity index (χ4v) is 3.38. The van der Waals surface area contributed by atoms with Crippen LogP contribution in [0.4, 0.5) is 0 Å². The maximum atomic E-state index is 6.13. The summed E-state index contributed by atoms with van der Waals surface area (Å²) in [4.78, 5) is 0. The first-order valence-electron chi connectivity index (χ1n) is 5.70. The Morgan fingerprint density at radius 3 is 2.93 bits per heavy atom. The Kier molecular flexibility index (Phi) is 4.15. The second-order valence-electron chi connectivity index (χ2n) is 4.34. The van der Waals surface area contributed by atoms with Gasteiger partial charge in [0.05, 0.1) is 6.26 Å². The summed E-state index contributed by atoms with van der Waals surface area (Å²) in [5.74, 6) is 4.50. The molecule has 1 saturated heterocycles. The zero-order valence-corrected chi connectivity index (χ0v) is 9.84. The van der Waals surface area contributed by atoms with E-state index in [-0.39, 0.29) is 6.04 Å². The number of nitrogens with two attached hydrogens (primary N) is 1. The molecule has 1 aliphatic rings. The summed E-state index contributed by atoms with van der Waals surface area (Å²) in [6, 6.07) is 4.21. The minimum Gasteiger partial charge on any atom is -0.469 e. The molecule has 0 radical (unpaired) electrons. The average Bonchev–Trinajstić information content (AvgIpc) is 2.71. The molecule has 3 heteroatoms. The van der Waals surface area contributed by atoms with Crippen molar-refractivity contribution in [2.75, 3.05) is 11.5 Å². The molecule has 1 fully saturated rings. The van der Waals surface area contributed by atoms with Gasteiger partial charge in [-0.3, -0.25) is 0 Å². The third-order valence-corrected chi connectivity index (χ3v) is 4.07. The third-order valence-electron chi connectivity index (χ3n) is 3.02. The van der Waals surface area contributed by atoms with Crippen LogP contribution in [0.3, 0.4) is 0 Å². The Morgan fingerprint density at radius 2 is 2.27 bits per heavy atom. The lowest BCUT2D eigenvalue weighted by atomic mass is 9.93. The normalized spacial score (nSPS) is 20.3. The minimum absolute atomic E-state index is 0.268. The molecule has 0 bridgehead atoms. The molecule has 0 amide bonds. The highest BCUT2D eigenvalue weighted by molar-refractivity contribution is 7.99. The van der Waals surface area contributed by atoms with E-state index in [4.69, 9.17) is 10.2 Å². The molecule has 1 aromatic rings. The predicted molar refractivity (Wildman–Crippen MR) is 65.1 cm³/mol. The lowest BCUT2D eigenvalue weighted by Gasteiger charge is -2.23. The van der Waals surface area contributed by atoms with Crippen LogP contribution in [0.25, 0.3) is 0 Å². The minimum atomic E-state index is 0.268. The van der Waals surface area contributed by atoms with Crippen LogP contribution in [-0.2, 0) is 6.42 Å². The highest BCUT2D eigenvalue weighted by atomic mass is 32.2. The van der Waals surface area contributed by atoms with E-state index in [1.165, 1.54) is 24.3 Å². The zero-order chi connectivity index (χ0) is 10.5. The smallest absolute Gasteiger partial charge is 0.105 e. The van der Waals surface area contributed by atoms with E-state index >= 15 is 0 Å². The second kappa shape index (κ2) is 5.61. The second-order valence-corrected chi connectivity index (χ2v) is 5.56. The molecule has 0 aliphatic carbocycles. The van der Waals surface area contributed by atoms with Gasteiger partial charge in [0.15, 0.2) is 0 Å².